The Hall–Kier alpha value is -5.60. The molecule has 2 N–H and O–H groups in total. The van der Waals surface area contributed by atoms with Crippen LogP contribution in [0, 0.1) is 91.7 Å². The third-order valence-electron chi connectivity index (χ3n) is 22.5. The summed E-state index contributed by atoms with van der Waals surface area (Å²) in [6.07, 6.45) is 3.80. The molecular formula is C62H78F4N2O14. The van der Waals surface area contributed by atoms with E-state index in [1.165, 1.54) is 38.2 Å². The SMILES string of the molecule is C[C@@H]1CCCC[C@@H]1OC(=O)O[C@]1(C(=O)OCC#N)[C@H](C)C[C@H]2[C@@H]3C[C@H](F)C4=CC(=O)C=C[C@]4(C)[C@@]3(F)[C@@H](O)C[C@@]21C.C[C@@H]1C[C@H]2[C@@H]3C[C@H](F)C4=CC(=O)C=C[C@]4(C)[C@@]3(F)[C@@H](O)C[C@]2(C)[C@@]1(OC(=O)O[C@@H]1CCCC[C@@H]1C)C(=O)OCC#N. The smallest absolute Gasteiger partial charge is 0.447 e. The molecular weight excluding hydrogens is 1070 g/mol. The average Bonchev–Trinajstić information content (AvgIpc) is 2.20. The van der Waals surface area contributed by atoms with Gasteiger partial charge in [0.15, 0.2) is 36.1 Å². The molecule has 448 valence electrons. The number of fused-ring (bicyclic) bond motifs is 10. The fourth-order valence-electron chi connectivity index (χ4n) is 18.3. The minimum Gasteiger partial charge on any atom is -0.447 e. The van der Waals surface area contributed by atoms with E-state index < -0.39 is 165 Å². The zero-order valence-corrected chi connectivity index (χ0v) is 48.1. The van der Waals surface area contributed by atoms with Crippen molar-refractivity contribution in [1.29, 1.82) is 10.5 Å². The molecule has 20 heteroatoms. The van der Waals surface area contributed by atoms with E-state index in [0.717, 1.165) is 50.7 Å². The summed E-state index contributed by atoms with van der Waals surface area (Å²) in [5, 5.41) is 41.5. The van der Waals surface area contributed by atoms with Gasteiger partial charge in [-0.2, -0.15) is 10.5 Å². The predicted molar refractivity (Wildman–Crippen MR) is 283 cm³/mol. The first-order valence-corrected chi connectivity index (χ1v) is 29.3. The highest BCUT2D eigenvalue weighted by molar-refractivity contribution is 6.02. The Kier molecular flexibility index (Phi) is 16.2. The van der Waals surface area contributed by atoms with Crippen molar-refractivity contribution >= 4 is 35.8 Å². The Labute approximate surface area is 476 Å². The molecule has 0 unspecified atom stereocenters. The van der Waals surface area contributed by atoms with E-state index in [1.807, 2.05) is 13.8 Å². The van der Waals surface area contributed by atoms with Crippen LogP contribution in [0.1, 0.15) is 145 Å². The summed E-state index contributed by atoms with van der Waals surface area (Å²) in [7, 11) is 0. The van der Waals surface area contributed by atoms with Crippen molar-refractivity contribution in [3.63, 3.8) is 0 Å². The summed E-state index contributed by atoms with van der Waals surface area (Å²) < 4.78 is 101. The lowest BCUT2D eigenvalue weighted by Gasteiger charge is -2.62. The highest BCUT2D eigenvalue weighted by atomic mass is 19.2. The highest BCUT2D eigenvalue weighted by Gasteiger charge is 2.81. The largest absolute Gasteiger partial charge is 0.509 e. The van der Waals surface area contributed by atoms with E-state index in [1.54, 1.807) is 39.8 Å². The number of hydrogen-bond acceptors (Lipinski definition) is 16. The van der Waals surface area contributed by atoms with Crippen LogP contribution < -0.4 is 0 Å². The van der Waals surface area contributed by atoms with Gasteiger partial charge in [-0.05, 0) is 150 Å². The molecule has 0 aliphatic heterocycles. The summed E-state index contributed by atoms with van der Waals surface area (Å²) in [6, 6.07) is 3.51. The van der Waals surface area contributed by atoms with Crippen molar-refractivity contribution in [2.45, 2.75) is 205 Å². The number of alkyl halides is 4. The fraction of sp³-hybridized carbons (Fsp3) is 0.742. The van der Waals surface area contributed by atoms with E-state index in [2.05, 4.69) is 0 Å². The number of nitrogens with zero attached hydrogens (tertiary/aromatic N) is 2. The van der Waals surface area contributed by atoms with Crippen molar-refractivity contribution in [2.75, 3.05) is 13.2 Å². The molecule has 22 atom stereocenters. The van der Waals surface area contributed by atoms with Crippen LogP contribution in [0.2, 0.25) is 0 Å². The molecule has 0 bridgehead atoms. The van der Waals surface area contributed by atoms with Gasteiger partial charge in [0.05, 0.1) is 12.2 Å². The normalized spacial score (nSPS) is 46.7. The number of aliphatic hydroxyl groups excluding tert-OH is 2. The molecule has 0 aromatic heterocycles. The monoisotopic (exact) mass is 1150 g/mol. The minimum absolute atomic E-state index is 0.00132. The van der Waals surface area contributed by atoms with E-state index in [9.17, 15) is 39.0 Å². The van der Waals surface area contributed by atoms with Gasteiger partial charge in [0, 0.05) is 45.3 Å². The first-order valence-electron chi connectivity index (χ1n) is 29.3. The zero-order valence-electron chi connectivity index (χ0n) is 48.1. The molecule has 0 spiro atoms. The van der Waals surface area contributed by atoms with Crippen LogP contribution in [0.15, 0.2) is 47.6 Å². The fourth-order valence-corrected chi connectivity index (χ4v) is 18.3. The van der Waals surface area contributed by atoms with Crippen LogP contribution in [0.25, 0.3) is 0 Å². The first-order chi connectivity index (χ1) is 38.5. The average molecular weight is 1150 g/mol. The van der Waals surface area contributed by atoms with Crippen molar-refractivity contribution in [3.05, 3.63) is 47.6 Å². The summed E-state index contributed by atoms with van der Waals surface area (Å²) >= 11 is 0. The summed E-state index contributed by atoms with van der Waals surface area (Å²) in [4.78, 5) is 78.5. The molecule has 0 heterocycles. The number of ether oxygens (including phenoxy) is 6. The van der Waals surface area contributed by atoms with Gasteiger partial charge in [0.25, 0.3) is 0 Å². The Morgan fingerprint density at radius 1 is 0.585 bits per heavy atom. The van der Waals surface area contributed by atoms with E-state index >= 15 is 17.6 Å². The summed E-state index contributed by atoms with van der Waals surface area (Å²) in [6.45, 7) is 12.4. The van der Waals surface area contributed by atoms with Gasteiger partial charge in [-0.15, -0.1) is 0 Å². The van der Waals surface area contributed by atoms with Crippen molar-refractivity contribution in [3.8, 4) is 12.1 Å². The van der Waals surface area contributed by atoms with Gasteiger partial charge in [0.1, 0.15) is 36.7 Å². The number of rotatable bonds is 8. The summed E-state index contributed by atoms with van der Waals surface area (Å²) in [5.41, 5.74) is -14.6. The molecule has 8 saturated carbocycles. The lowest BCUT2D eigenvalue weighted by molar-refractivity contribution is -0.234. The number of carbonyl (C=O) groups excluding carboxylic acids is 6. The maximum Gasteiger partial charge on any atom is 0.509 e. The number of halogens is 4. The van der Waals surface area contributed by atoms with Gasteiger partial charge < -0.3 is 38.6 Å². The third kappa shape index (κ3) is 8.88. The van der Waals surface area contributed by atoms with Crippen LogP contribution in [-0.4, -0.2) is 119 Å². The molecule has 8 fully saturated rings. The van der Waals surface area contributed by atoms with Crippen molar-refractivity contribution in [1.82, 2.24) is 0 Å². The first kappa shape index (κ1) is 61.0. The van der Waals surface area contributed by atoms with Gasteiger partial charge in [-0.1, -0.05) is 66.5 Å². The Balaban J connectivity index is 0.000000198. The molecule has 0 radical (unpaired) electrons. The zero-order chi connectivity index (χ0) is 59.9. The van der Waals surface area contributed by atoms with Gasteiger partial charge >= 0.3 is 24.2 Å². The molecule has 0 aromatic carbocycles. The number of nitriles is 2. The lowest BCUT2D eigenvalue weighted by atomic mass is 9.44. The van der Waals surface area contributed by atoms with Crippen LogP contribution >= 0.6 is 0 Å². The van der Waals surface area contributed by atoms with Gasteiger partial charge in [0.2, 0.25) is 11.2 Å². The molecule has 0 aromatic rings. The second-order valence-electron chi connectivity index (χ2n) is 26.5. The second kappa shape index (κ2) is 21.8. The quantitative estimate of drug-likeness (QED) is 0.130. The molecule has 82 heavy (non-hydrogen) atoms. The van der Waals surface area contributed by atoms with Gasteiger partial charge in [-0.3, -0.25) is 9.59 Å². The van der Waals surface area contributed by atoms with Gasteiger partial charge in [-0.25, -0.2) is 36.7 Å². The van der Waals surface area contributed by atoms with Crippen molar-refractivity contribution in [2.24, 2.45) is 69.0 Å². The molecule has 10 aliphatic carbocycles. The van der Waals surface area contributed by atoms with Crippen molar-refractivity contribution < 1.29 is 85.0 Å². The topological polar surface area (TPSA) is 246 Å². The number of esters is 2. The predicted octanol–water partition coefficient (Wildman–Crippen LogP) is 10.2. The number of hydrogen-bond donors (Lipinski definition) is 2. The van der Waals surface area contributed by atoms with Crippen LogP contribution in [0.4, 0.5) is 27.2 Å². The molecule has 16 nitrogen and oxygen atoms in total. The van der Waals surface area contributed by atoms with E-state index in [4.69, 9.17) is 38.9 Å². The maximum atomic E-state index is 17.5. The lowest BCUT2D eigenvalue weighted by Crippen LogP contribution is -2.71. The molecule has 0 amide bonds. The summed E-state index contributed by atoms with van der Waals surface area (Å²) in [5.74, 6) is -7.60. The number of carbonyl (C=O) groups is 6. The molecule has 10 aliphatic rings. The Morgan fingerprint density at radius 2 is 0.939 bits per heavy atom. The Bertz CT molecular complexity index is 2640. The van der Waals surface area contributed by atoms with E-state index in [-0.39, 0.29) is 61.5 Å². The second-order valence-corrected chi connectivity index (χ2v) is 26.5. The van der Waals surface area contributed by atoms with Crippen LogP contribution in [0.3, 0.4) is 0 Å². The number of ketones is 2. The molecule has 0 saturated heterocycles. The Morgan fingerprint density at radius 3 is 1.28 bits per heavy atom. The number of aliphatic hydroxyl groups is 2. The van der Waals surface area contributed by atoms with Crippen LogP contribution in [0.5, 0.6) is 0 Å². The standard InChI is InChI=1S/2C31H39F2NO7/c2*1-17-7-5-6-8-24(17)40-27(38)41-31(26(37)39-12-11-34)18(2)13-20-21-15-23(32)22-14-19(35)9-10-28(22,3)30(21,33)25(36)16-29(20,31)4/h2*9-10,14,17-18,20-21,23-25,36H,5-8,12-13,15-16H2,1-4H3/t17-,18+,20-,21-,23-,24+,25-,28-,29-,30-,31-;17-,18-,20+,21+,23+,24+,25+,28+,29+,30+,31+/m01/s1. The minimum atomic E-state index is -2.35. The van der Waals surface area contributed by atoms with E-state index in [0.29, 0.717) is 12.8 Å². The highest BCUT2D eigenvalue weighted by Crippen LogP contribution is 2.74. The molecule has 10 rings (SSSR count). The maximum absolute atomic E-state index is 17.5. The number of allylic oxidation sites excluding steroid dienone is 8. The third-order valence-corrected chi connectivity index (χ3v) is 22.5. The van der Waals surface area contributed by atoms with Crippen LogP contribution in [-0.2, 0) is 47.6 Å².